The minimum absolute atomic E-state index is 0.0425. The number of hydrogen-bond donors (Lipinski definition) is 2. The fourth-order valence-corrected chi connectivity index (χ4v) is 2.14. The molecule has 0 fully saturated rings. The Balaban J connectivity index is 1.92. The molecular formula is C19H22F3N5O3. The van der Waals surface area contributed by atoms with E-state index in [4.69, 9.17) is 4.74 Å². The molecule has 8 nitrogen and oxygen atoms in total. The highest BCUT2D eigenvalue weighted by atomic mass is 19.4. The van der Waals surface area contributed by atoms with Crippen molar-refractivity contribution < 1.29 is 27.5 Å². The van der Waals surface area contributed by atoms with Gasteiger partial charge in [-0.25, -0.2) is 15.0 Å². The molecule has 2 rings (SSSR count). The zero-order valence-electron chi connectivity index (χ0n) is 16.7. The fourth-order valence-electron chi connectivity index (χ4n) is 2.14. The van der Waals surface area contributed by atoms with Crippen molar-refractivity contribution in [2.75, 3.05) is 11.9 Å². The van der Waals surface area contributed by atoms with E-state index >= 15 is 0 Å². The predicted molar refractivity (Wildman–Crippen MR) is 102 cm³/mol. The lowest BCUT2D eigenvalue weighted by Crippen LogP contribution is -2.26. The largest absolute Gasteiger partial charge is 0.477 e. The highest BCUT2D eigenvalue weighted by molar-refractivity contribution is 5.94. The number of rotatable bonds is 8. The van der Waals surface area contributed by atoms with Gasteiger partial charge in [0, 0.05) is 30.4 Å². The molecule has 2 aromatic rings. The summed E-state index contributed by atoms with van der Waals surface area (Å²) in [7, 11) is 0. The maximum Gasteiger partial charge on any atom is 0.392 e. The molecule has 0 aliphatic heterocycles. The molecule has 0 spiro atoms. The lowest BCUT2D eigenvalue weighted by Gasteiger charge is -2.10. The van der Waals surface area contributed by atoms with Gasteiger partial charge >= 0.3 is 6.18 Å². The zero-order chi connectivity index (χ0) is 22.3. The van der Waals surface area contributed by atoms with Crippen LogP contribution in [-0.4, -0.2) is 39.5 Å². The van der Waals surface area contributed by atoms with Gasteiger partial charge in [0.1, 0.15) is 5.69 Å². The molecular weight excluding hydrogens is 403 g/mol. The third-order valence-electron chi connectivity index (χ3n) is 3.73. The standard InChI is InChI=1S/C19H22F3N5O3/c1-11(2)16(28)27-18-25-12(3)8-14(26-18)17(29)24-10-13-4-5-15(23-9-13)30-7-6-19(20,21)22/h4-5,8-9,11H,6-7,10H2,1-3H3,(H,24,29)(H,25,26,27,28). The molecule has 2 heterocycles. The second kappa shape index (κ2) is 9.99. The summed E-state index contributed by atoms with van der Waals surface area (Å²) in [5, 5.41) is 5.20. The van der Waals surface area contributed by atoms with E-state index in [1.165, 1.54) is 18.3 Å². The van der Waals surface area contributed by atoms with E-state index in [-0.39, 0.29) is 35.9 Å². The summed E-state index contributed by atoms with van der Waals surface area (Å²) in [4.78, 5) is 36.2. The summed E-state index contributed by atoms with van der Waals surface area (Å²) in [6.07, 6.45) is -3.96. The summed E-state index contributed by atoms with van der Waals surface area (Å²) in [5.74, 6) is -0.909. The molecule has 0 atom stereocenters. The highest BCUT2D eigenvalue weighted by Crippen LogP contribution is 2.19. The maximum absolute atomic E-state index is 12.4. The number of hydrogen-bond acceptors (Lipinski definition) is 6. The lowest BCUT2D eigenvalue weighted by atomic mass is 10.2. The first-order chi connectivity index (χ1) is 14.0. The van der Waals surface area contributed by atoms with Crippen molar-refractivity contribution in [1.82, 2.24) is 20.3 Å². The summed E-state index contributed by atoms with van der Waals surface area (Å²) in [6, 6.07) is 4.48. The molecule has 0 bridgehead atoms. The SMILES string of the molecule is Cc1cc(C(=O)NCc2ccc(OCCC(F)(F)F)nc2)nc(NC(=O)C(C)C)n1. The Morgan fingerprint density at radius 3 is 2.53 bits per heavy atom. The normalized spacial score (nSPS) is 11.3. The number of carbonyl (C=O) groups is 2. The first kappa shape index (κ1) is 23.0. The van der Waals surface area contributed by atoms with Gasteiger partial charge in [-0.2, -0.15) is 13.2 Å². The second-order valence-electron chi connectivity index (χ2n) is 6.76. The molecule has 2 amide bonds. The predicted octanol–water partition coefficient (Wildman–Crippen LogP) is 3.04. The number of nitrogens with one attached hydrogen (secondary N) is 2. The smallest absolute Gasteiger partial charge is 0.392 e. The third-order valence-corrected chi connectivity index (χ3v) is 3.73. The van der Waals surface area contributed by atoms with Crippen molar-refractivity contribution in [2.24, 2.45) is 5.92 Å². The van der Waals surface area contributed by atoms with Gasteiger partial charge in [-0.05, 0) is 18.6 Å². The number of aryl methyl sites for hydroxylation is 1. The minimum atomic E-state index is -4.29. The van der Waals surface area contributed by atoms with Crippen LogP contribution in [0.3, 0.4) is 0 Å². The lowest BCUT2D eigenvalue weighted by molar-refractivity contribution is -0.139. The van der Waals surface area contributed by atoms with Crippen LogP contribution in [0.25, 0.3) is 0 Å². The molecule has 2 aromatic heterocycles. The number of carbonyl (C=O) groups excluding carboxylic acids is 2. The van der Waals surface area contributed by atoms with Crippen molar-refractivity contribution in [2.45, 2.75) is 39.9 Å². The first-order valence-electron chi connectivity index (χ1n) is 9.12. The van der Waals surface area contributed by atoms with Crippen LogP contribution in [-0.2, 0) is 11.3 Å². The zero-order valence-corrected chi connectivity index (χ0v) is 16.7. The van der Waals surface area contributed by atoms with Gasteiger partial charge in [-0.3, -0.25) is 14.9 Å². The van der Waals surface area contributed by atoms with E-state index < -0.39 is 25.1 Å². The van der Waals surface area contributed by atoms with Crippen LogP contribution in [0.15, 0.2) is 24.4 Å². The number of anilines is 1. The molecule has 162 valence electrons. The Kier molecular flexibility index (Phi) is 7.67. The molecule has 0 aliphatic rings. The van der Waals surface area contributed by atoms with Crippen molar-refractivity contribution in [3.8, 4) is 5.88 Å². The summed E-state index contributed by atoms with van der Waals surface area (Å²) in [6.45, 7) is 4.71. The Hall–Kier alpha value is -3.24. The number of pyridine rings is 1. The quantitative estimate of drug-likeness (QED) is 0.674. The molecule has 30 heavy (non-hydrogen) atoms. The average molecular weight is 425 g/mol. The van der Waals surface area contributed by atoms with Crippen LogP contribution in [0.5, 0.6) is 5.88 Å². The van der Waals surface area contributed by atoms with Crippen LogP contribution in [0.4, 0.5) is 19.1 Å². The molecule has 0 saturated carbocycles. The Bertz CT molecular complexity index is 886. The van der Waals surface area contributed by atoms with Crippen molar-refractivity contribution in [1.29, 1.82) is 0 Å². The molecule has 0 aliphatic carbocycles. The van der Waals surface area contributed by atoms with Crippen molar-refractivity contribution in [3.05, 3.63) is 41.3 Å². The van der Waals surface area contributed by atoms with Gasteiger partial charge < -0.3 is 10.1 Å². The summed E-state index contributed by atoms with van der Waals surface area (Å²) in [5.41, 5.74) is 1.21. The van der Waals surface area contributed by atoms with Crippen LogP contribution < -0.4 is 15.4 Å². The van der Waals surface area contributed by atoms with Gasteiger partial charge in [0.15, 0.2) is 0 Å². The van der Waals surface area contributed by atoms with E-state index in [2.05, 4.69) is 25.6 Å². The fraction of sp³-hybridized carbons (Fsp3) is 0.421. The van der Waals surface area contributed by atoms with E-state index in [0.29, 0.717) is 11.3 Å². The topological polar surface area (TPSA) is 106 Å². The van der Waals surface area contributed by atoms with Crippen molar-refractivity contribution >= 4 is 17.8 Å². The number of amides is 2. The number of aromatic nitrogens is 3. The first-order valence-corrected chi connectivity index (χ1v) is 9.12. The maximum atomic E-state index is 12.4. The van der Waals surface area contributed by atoms with Gasteiger partial charge in [0.25, 0.3) is 5.91 Å². The van der Waals surface area contributed by atoms with Crippen LogP contribution in [0.2, 0.25) is 0 Å². The Labute approximate surface area is 171 Å². The molecule has 0 radical (unpaired) electrons. The summed E-state index contributed by atoms with van der Waals surface area (Å²) < 4.78 is 41.3. The Morgan fingerprint density at radius 2 is 1.93 bits per heavy atom. The van der Waals surface area contributed by atoms with E-state index in [9.17, 15) is 22.8 Å². The monoisotopic (exact) mass is 425 g/mol. The average Bonchev–Trinajstić information content (AvgIpc) is 2.65. The summed E-state index contributed by atoms with van der Waals surface area (Å²) >= 11 is 0. The molecule has 0 saturated heterocycles. The van der Waals surface area contributed by atoms with Gasteiger partial charge in [0.2, 0.25) is 17.7 Å². The number of nitrogens with zero attached hydrogens (tertiary/aromatic N) is 3. The van der Waals surface area contributed by atoms with E-state index in [0.717, 1.165) is 0 Å². The third kappa shape index (κ3) is 7.64. The van der Waals surface area contributed by atoms with Gasteiger partial charge in [-0.1, -0.05) is 19.9 Å². The van der Waals surface area contributed by atoms with Gasteiger partial charge in [-0.15, -0.1) is 0 Å². The number of halogens is 3. The molecule has 0 aromatic carbocycles. The number of alkyl halides is 3. The Morgan fingerprint density at radius 1 is 1.20 bits per heavy atom. The van der Waals surface area contributed by atoms with E-state index in [1.807, 2.05) is 0 Å². The highest BCUT2D eigenvalue weighted by Gasteiger charge is 2.26. The van der Waals surface area contributed by atoms with Crippen molar-refractivity contribution in [3.63, 3.8) is 0 Å². The van der Waals surface area contributed by atoms with E-state index in [1.54, 1.807) is 26.8 Å². The molecule has 2 N–H and O–H groups in total. The molecule has 0 unspecified atom stereocenters. The van der Waals surface area contributed by atoms with Gasteiger partial charge in [0.05, 0.1) is 13.0 Å². The van der Waals surface area contributed by atoms with Crippen LogP contribution >= 0.6 is 0 Å². The number of ether oxygens (including phenoxy) is 1. The second-order valence-corrected chi connectivity index (χ2v) is 6.76. The minimum Gasteiger partial charge on any atom is -0.477 e. The van der Waals surface area contributed by atoms with Crippen LogP contribution in [0.1, 0.15) is 42.0 Å². The molecule has 11 heteroatoms. The van der Waals surface area contributed by atoms with Crippen LogP contribution in [0, 0.1) is 12.8 Å².